The van der Waals surface area contributed by atoms with Crippen LogP contribution < -0.4 is 5.32 Å². The third-order valence-corrected chi connectivity index (χ3v) is 8.40. The van der Waals surface area contributed by atoms with Gasteiger partial charge in [-0.1, -0.05) is 73.7 Å². The first-order chi connectivity index (χ1) is 18.2. The van der Waals surface area contributed by atoms with Gasteiger partial charge in [-0.3, -0.25) is 14.4 Å². The first-order valence-corrected chi connectivity index (χ1v) is 14.0. The van der Waals surface area contributed by atoms with Crippen LogP contribution in [0.4, 0.5) is 0 Å². The van der Waals surface area contributed by atoms with Crippen LogP contribution in [0, 0.1) is 6.92 Å². The van der Waals surface area contributed by atoms with E-state index in [0.717, 1.165) is 16.7 Å². The minimum atomic E-state index is -4.19. The Morgan fingerprint density at radius 2 is 1.61 bits per heavy atom. The largest absolute Gasteiger partial charge is 0.354 e. The van der Waals surface area contributed by atoms with Gasteiger partial charge >= 0.3 is 0 Å². The number of benzene rings is 3. The predicted octanol–water partition coefficient (Wildman–Crippen LogP) is 3.31. The maximum Gasteiger partial charge on any atom is 0.269 e. The van der Waals surface area contributed by atoms with Crippen LogP contribution in [0.5, 0.6) is 0 Å². The van der Waals surface area contributed by atoms with Gasteiger partial charge in [0.25, 0.3) is 15.9 Å². The first-order valence-electron chi connectivity index (χ1n) is 12.6. The molecule has 9 heteroatoms. The molecule has 1 unspecified atom stereocenters. The Morgan fingerprint density at radius 1 is 0.947 bits per heavy atom. The SMILES string of the molecule is CCCNC(=O)C(Cc1ccccc1)N(Cc1ccccc1C)C(=O)CN1C(=O)c2ccccc2S1(=O)=O. The Labute approximate surface area is 223 Å². The molecule has 0 saturated heterocycles. The van der Waals surface area contributed by atoms with Crippen molar-refractivity contribution in [2.75, 3.05) is 13.1 Å². The number of hydrogen-bond donors (Lipinski definition) is 1. The number of fused-ring (bicyclic) bond motifs is 1. The molecule has 0 aliphatic carbocycles. The van der Waals surface area contributed by atoms with Crippen LogP contribution in [0.2, 0.25) is 0 Å². The lowest BCUT2D eigenvalue weighted by Gasteiger charge is -2.33. The molecule has 3 aromatic carbocycles. The normalized spacial score (nSPS) is 14.6. The van der Waals surface area contributed by atoms with Crippen LogP contribution in [-0.2, 0) is 32.6 Å². The van der Waals surface area contributed by atoms with E-state index in [-0.39, 0.29) is 29.3 Å². The van der Waals surface area contributed by atoms with Crippen molar-refractivity contribution in [3.63, 3.8) is 0 Å². The zero-order valence-corrected chi connectivity index (χ0v) is 22.3. The van der Waals surface area contributed by atoms with Crippen molar-refractivity contribution in [1.82, 2.24) is 14.5 Å². The first kappa shape index (κ1) is 27.1. The molecule has 8 nitrogen and oxygen atoms in total. The van der Waals surface area contributed by atoms with Crippen molar-refractivity contribution in [2.24, 2.45) is 0 Å². The molecule has 1 aliphatic rings. The van der Waals surface area contributed by atoms with E-state index in [1.165, 1.54) is 23.1 Å². The van der Waals surface area contributed by atoms with Gasteiger partial charge in [-0.05, 0) is 42.2 Å². The lowest BCUT2D eigenvalue weighted by Crippen LogP contribution is -2.53. The highest BCUT2D eigenvalue weighted by Gasteiger charge is 2.43. The van der Waals surface area contributed by atoms with Gasteiger partial charge in [-0.25, -0.2) is 12.7 Å². The van der Waals surface area contributed by atoms with Crippen LogP contribution in [0.3, 0.4) is 0 Å². The van der Waals surface area contributed by atoms with Crippen LogP contribution in [0.15, 0.2) is 83.8 Å². The van der Waals surface area contributed by atoms with E-state index in [0.29, 0.717) is 17.3 Å². The van der Waals surface area contributed by atoms with Crippen molar-refractivity contribution in [3.8, 4) is 0 Å². The van der Waals surface area contributed by atoms with E-state index in [1.807, 2.05) is 68.4 Å². The number of amides is 3. The number of hydrogen-bond acceptors (Lipinski definition) is 5. The van der Waals surface area contributed by atoms with Crippen molar-refractivity contribution in [1.29, 1.82) is 0 Å². The molecule has 0 aromatic heterocycles. The van der Waals surface area contributed by atoms with Gasteiger partial charge in [0.05, 0.1) is 5.56 Å². The Bertz CT molecular complexity index is 1440. The molecule has 0 radical (unpaired) electrons. The van der Waals surface area contributed by atoms with E-state index in [9.17, 15) is 22.8 Å². The summed E-state index contributed by atoms with van der Waals surface area (Å²) in [5.41, 5.74) is 2.63. The molecule has 3 amide bonds. The number of sulfonamides is 1. The third-order valence-electron chi connectivity index (χ3n) is 6.61. The molecule has 198 valence electrons. The highest BCUT2D eigenvalue weighted by Crippen LogP contribution is 2.30. The summed E-state index contributed by atoms with van der Waals surface area (Å²) in [4.78, 5) is 41.6. The van der Waals surface area contributed by atoms with E-state index < -0.39 is 34.4 Å². The standard InChI is InChI=1S/C29H31N3O5S/c1-3-17-30-28(34)25(18-22-12-5-4-6-13-22)31(19-23-14-8-7-11-21(23)2)27(33)20-32-29(35)24-15-9-10-16-26(24)38(32,36)37/h4-16,25H,3,17-20H2,1-2H3,(H,30,34). The number of rotatable bonds is 10. The van der Waals surface area contributed by atoms with Crippen molar-refractivity contribution < 1.29 is 22.8 Å². The summed E-state index contributed by atoms with van der Waals surface area (Å²) in [5.74, 6) is -1.72. The lowest BCUT2D eigenvalue weighted by atomic mass is 10.0. The minimum Gasteiger partial charge on any atom is -0.354 e. The summed E-state index contributed by atoms with van der Waals surface area (Å²) in [5, 5.41) is 2.89. The van der Waals surface area contributed by atoms with Crippen molar-refractivity contribution in [2.45, 2.75) is 44.2 Å². The van der Waals surface area contributed by atoms with E-state index >= 15 is 0 Å². The van der Waals surface area contributed by atoms with Crippen LogP contribution in [0.1, 0.15) is 40.4 Å². The maximum atomic E-state index is 13.9. The number of aryl methyl sites for hydroxylation is 1. The summed E-state index contributed by atoms with van der Waals surface area (Å²) in [6, 6.07) is 21.8. The highest BCUT2D eigenvalue weighted by atomic mass is 32.2. The fourth-order valence-electron chi connectivity index (χ4n) is 4.49. The molecule has 1 N–H and O–H groups in total. The second-order valence-electron chi connectivity index (χ2n) is 9.26. The molecule has 0 bridgehead atoms. The Balaban J connectivity index is 1.71. The quantitative estimate of drug-likeness (QED) is 0.431. The summed E-state index contributed by atoms with van der Waals surface area (Å²) in [6.07, 6.45) is 0.948. The highest BCUT2D eigenvalue weighted by molar-refractivity contribution is 7.90. The van der Waals surface area contributed by atoms with Crippen LogP contribution >= 0.6 is 0 Å². The minimum absolute atomic E-state index is 0.0345. The zero-order valence-electron chi connectivity index (χ0n) is 21.5. The Hall–Kier alpha value is -3.98. The number of carbonyl (C=O) groups is 3. The van der Waals surface area contributed by atoms with Crippen molar-refractivity contribution >= 4 is 27.7 Å². The smallest absolute Gasteiger partial charge is 0.269 e. The average molecular weight is 534 g/mol. The monoisotopic (exact) mass is 533 g/mol. The molecule has 4 rings (SSSR count). The van der Waals surface area contributed by atoms with Gasteiger partial charge < -0.3 is 10.2 Å². The lowest BCUT2D eigenvalue weighted by molar-refractivity contribution is -0.141. The second-order valence-corrected chi connectivity index (χ2v) is 11.1. The molecule has 3 aromatic rings. The summed E-state index contributed by atoms with van der Waals surface area (Å²) in [7, 11) is -4.19. The second kappa shape index (κ2) is 11.6. The van der Waals surface area contributed by atoms with E-state index in [4.69, 9.17) is 0 Å². The van der Waals surface area contributed by atoms with Gasteiger partial charge in [-0.15, -0.1) is 0 Å². The summed E-state index contributed by atoms with van der Waals surface area (Å²) >= 11 is 0. The fourth-order valence-corrected chi connectivity index (χ4v) is 6.01. The van der Waals surface area contributed by atoms with Gasteiger partial charge in [0.1, 0.15) is 17.5 Å². The average Bonchev–Trinajstić information content (AvgIpc) is 3.11. The molecule has 1 aliphatic heterocycles. The fraction of sp³-hybridized carbons (Fsp3) is 0.276. The molecule has 1 heterocycles. The van der Waals surface area contributed by atoms with Gasteiger partial charge in [-0.2, -0.15) is 0 Å². The summed E-state index contributed by atoms with van der Waals surface area (Å²) in [6.45, 7) is 3.66. The van der Waals surface area contributed by atoms with Crippen LogP contribution in [0.25, 0.3) is 0 Å². The number of nitrogens with zero attached hydrogens (tertiary/aromatic N) is 2. The molecule has 1 atom stereocenters. The third kappa shape index (κ3) is 5.62. The van der Waals surface area contributed by atoms with Crippen LogP contribution in [-0.4, -0.2) is 54.5 Å². The molecular formula is C29H31N3O5S. The predicted molar refractivity (Wildman–Crippen MR) is 144 cm³/mol. The maximum absolute atomic E-state index is 13.9. The van der Waals surface area contributed by atoms with Crippen molar-refractivity contribution in [3.05, 3.63) is 101 Å². The van der Waals surface area contributed by atoms with Gasteiger partial charge in [0, 0.05) is 19.5 Å². The summed E-state index contributed by atoms with van der Waals surface area (Å²) < 4.78 is 26.9. The Kier molecular flexibility index (Phi) is 8.26. The molecular weight excluding hydrogens is 502 g/mol. The topological polar surface area (TPSA) is 104 Å². The zero-order chi connectivity index (χ0) is 27.3. The molecule has 0 spiro atoms. The molecule has 38 heavy (non-hydrogen) atoms. The van der Waals surface area contributed by atoms with E-state index in [1.54, 1.807) is 6.07 Å². The molecule has 0 saturated carbocycles. The van der Waals surface area contributed by atoms with E-state index in [2.05, 4.69) is 5.32 Å². The number of nitrogens with one attached hydrogen (secondary N) is 1. The Morgan fingerprint density at radius 3 is 2.29 bits per heavy atom. The number of carbonyl (C=O) groups excluding carboxylic acids is 3. The van der Waals surface area contributed by atoms with Gasteiger partial charge in [0.15, 0.2) is 0 Å². The molecule has 0 fully saturated rings. The van der Waals surface area contributed by atoms with Gasteiger partial charge in [0.2, 0.25) is 11.8 Å².